The van der Waals surface area contributed by atoms with Gasteiger partial charge in [-0.1, -0.05) is 23.7 Å². The van der Waals surface area contributed by atoms with Gasteiger partial charge in [0, 0.05) is 30.8 Å². The van der Waals surface area contributed by atoms with E-state index in [4.69, 9.17) is 21.1 Å². The molecule has 2 aromatic carbocycles. The second-order valence-corrected chi connectivity index (χ2v) is 7.51. The zero-order chi connectivity index (χ0) is 21.8. The normalized spacial score (nSPS) is 18.1. The predicted octanol–water partition coefficient (Wildman–Crippen LogP) is 4.12. The van der Waals surface area contributed by atoms with Crippen molar-refractivity contribution in [2.45, 2.75) is 19.4 Å². The summed E-state index contributed by atoms with van der Waals surface area (Å²) >= 11 is 6.02. The fourth-order valence-corrected chi connectivity index (χ4v) is 3.78. The van der Waals surface area contributed by atoms with Gasteiger partial charge in [-0.15, -0.1) is 0 Å². The quantitative estimate of drug-likeness (QED) is 0.310. The van der Waals surface area contributed by atoms with Crippen molar-refractivity contribution < 1.29 is 24.2 Å². The first-order valence-corrected chi connectivity index (χ1v) is 9.94. The van der Waals surface area contributed by atoms with Crippen LogP contribution in [0.1, 0.15) is 29.2 Å². The molecule has 1 N–H and O–H groups in total. The van der Waals surface area contributed by atoms with Gasteiger partial charge >= 0.3 is 0 Å². The summed E-state index contributed by atoms with van der Waals surface area (Å²) < 4.78 is 10.3. The first-order chi connectivity index (χ1) is 14.4. The van der Waals surface area contributed by atoms with Crippen LogP contribution in [0.2, 0.25) is 5.02 Å². The van der Waals surface area contributed by atoms with Crippen LogP contribution in [0.3, 0.4) is 0 Å². The molecule has 1 heterocycles. The molecule has 158 valence electrons. The van der Waals surface area contributed by atoms with Gasteiger partial charge in [-0.2, -0.15) is 0 Å². The number of hydrogen-bond acceptors (Lipinski definition) is 5. The Morgan fingerprint density at radius 1 is 1.13 bits per heavy atom. The lowest BCUT2D eigenvalue weighted by atomic mass is 9.94. The van der Waals surface area contributed by atoms with E-state index in [0.717, 1.165) is 5.56 Å². The standard InChI is InChI=1S/C23H24ClNO5/c1-14-13-17(30-3)9-10-18(14)21(26)19-20(15-5-7-16(24)8-6-15)25(11-4-12-29-2)23(28)22(19)27/h5-10,13,20,26H,4,11-12H2,1-3H3/b21-19+. The lowest BCUT2D eigenvalue weighted by Crippen LogP contribution is -2.31. The summed E-state index contributed by atoms with van der Waals surface area (Å²) in [5, 5.41) is 11.7. The molecular weight excluding hydrogens is 406 g/mol. The summed E-state index contributed by atoms with van der Waals surface area (Å²) in [5.74, 6) is -0.917. The molecule has 3 rings (SSSR count). The molecule has 7 heteroatoms. The summed E-state index contributed by atoms with van der Waals surface area (Å²) in [6, 6.07) is 11.4. The molecule has 1 unspecified atom stereocenters. The predicted molar refractivity (Wildman–Crippen MR) is 115 cm³/mol. The second-order valence-electron chi connectivity index (χ2n) is 7.07. The average molecular weight is 430 g/mol. The molecule has 0 radical (unpaired) electrons. The number of carbonyl (C=O) groups excluding carboxylic acids is 2. The molecule has 0 bridgehead atoms. The number of amides is 1. The second kappa shape index (κ2) is 9.32. The average Bonchev–Trinajstić information content (AvgIpc) is 2.99. The number of aliphatic hydroxyl groups is 1. The van der Waals surface area contributed by atoms with Crippen LogP contribution in [-0.2, 0) is 14.3 Å². The van der Waals surface area contributed by atoms with Crippen LogP contribution in [0.25, 0.3) is 5.76 Å². The molecular formula is C23H24ClNO5. The molecule has 1 fully saturated rings. The van der Waals surface area contributed by atoms with Crippen molar-refractivity contribution in [3.8, 4) is 5.75 Å². The summed E-state index contributed by atoms with van der Waals surface area (Å²) in [6.45, 7) is 2.58. The molecule has 0 aromatic heterocycles. The van der Waals surface area contributed by atoms with Gasteiger partial charge in [-0.05, 0) is 54.8 Å². The monoisotopic (exact) mass is 429 g/mol. The van der Waals surface area contributed by atoms with Gasteiger partial charge in [0.15, 0.2) is 0 Å². The minimum absolute atomic E-state index is 0.0630. The van der Waals surface area contributed by atoms with Crippen molar-refractivity contribution in [3.63, 3.8) is 0 Å². The molecule has 1 atom stereocenters. The van der Waals surface area contributed by atoms with Gasteiger partial charge in [-0.25, -0.2) is 0 Å². The first kappa shape index (κ1) is 21.9. The third-order valence-electron chi connectivity index (χ3n) is 5.16. The number of likely N-dealkylation sites (tertiary alicyclic amines) is 1. The number of methoxy groups -OCH3 is 2. The van der Waals surface area contributed by atoms with Crippen molar-refractivity contribution >= 4 is 29.1 Å². The lowest BCUT2D eigenvalue weighted by Gasteiger charge is -2.25. The van der Waals surface area contributed by atoms with Gasteiger partial charge < -0.3 is 19.5 Å². The van der Waals surface area contributed by atoms with E-state index in [1.54, 1.807) is 56.7 Å². The molecule has 2 aromatic rings. The van der Waals surface area contributed by atoms with E-state index in [2.05, 4.69) is 0 Å². The number of hydrogen-bond donors (Lipinski definition) is 1. The number of ether oxygens (including phenoxy) is 2. The van der Waals surface area contributed by atoms with E-state index in [9.17, 15) is 14.7 Å². The Kier molecular flexibility index (Phi) is 6.80. The minimum Gasteiger partial charge on any atom is -0.507 e. The Morgan fingerprint density at radius 3 is 2.43 bits per heavy atom. The summed E-state index contributed by atoms with van der Waals surface area (Å²) in [7, 11) is 3.14. The largest absolute Gasteiger partial charge is 0.507 e. The number of nitrogens with zero attached hydrogens (tertiary/aromatic N) is 1. The van der Waals surface area contributed by atoms with Gasteiger partial charge in [0.2, 0.25) is 0 Å². The molecule has 1 amide bonds. The third-order valence-corrected chi connectivity index (χ3v) is 5.41. The number of carbonyl (C=O) groups is 2. The number of ketones is 1. The Bertz CT molecular complexity index is 984. The minimum atomic E-state index is -0.708. The van der Waals surface area contributed by atoms with Gasteiger partial charge in [0.05, 0.1) is 18.7 Å². The van der Waals surface area contributed by atoms with E-state index in [0.29, 0.717) is 41.5 Å². The highest BCUT2D eigenvalue weighted by molar-refractivity contribution is 6.46. The van der Waals surface area contributed by atoms with Gasteiger partial charge in [0.1, 0.15) is 11.5 Å². The van der Waals surface area contributed by atoms with Crippen LogP contribution in [-0.4, -0.2) is 49.1 Å². The number of aliphatic hydroxyl groups excluding tert-OH is 1. The topological polar surface area (TPSA) is 76.1 Å². The van der Waals surface area contributed by atoms with Crippen molar-refractivity contribution in [2.24, 2.45) is 0 Å². The summed E-state index contributed by atoms with van der Waals surface area (Å²) in [4.78, 5) is 27.3. The first-order valence-electron chi connectivity index (χ1n) is 9.56. The van der Waals surface area contributed by atoms with Crippen molar-refractivity contribution in [1.29, 1.82) is 0 Å². The highest BCUT2D eigenvalue weighted by atomic mass is 35.5. The molecule has 0 aliphatic carbocycles. The number of halogens is 1. The maximum atomic E-state index is 13.0. The SMILES string of the molecule is COCCCN1C(=O)C(=O)/C(=C(/O)c2ccc(OC)cc2C)C1c1ccc(Cl)cc1. The van der Waals surface area contributed by atoms with Crippen LogP contribution in [0.5, 0.6) is 5.75 Å². The third kappa shape index (κ3) is 4.20. The smallest absolute Gasteiger partial charge is 0.295 e. The fraction of sp³-hybridized carbons (Fsp3) is 0.304. The maximum absolute atomic E-state index is 13.0. The number of benzene rings is 2. The van der Waals surface area contributed by atoms with Crippen LogP contribution >= 0.6 is 11.6 Å². The van der Waals surface area contributed by atoms with E-state index in [1.807, 2.05) is 6.92 Å². The fourth-order valence-electron chi connectivity index (χ4n) is 3.66. The van der Waals surface area contributed by atoms with E-state index < -0.39 is 17.7 Å². The Labute approximate surface area is 180 Å². The number of aryl methyl sites for hydroxylation is 1. The van der Waals surface area contributed by atoms with Crippen molar-refractivity contribution in [3.05, 3.63) is 69.8 Å². The van der Waals surface area contributed by atoms with Gasteiger partial charge in [-0.3, -0.25) is 9.59 Å². The maximum Gasteiger partial charge on any atom is 0.295 e. The Hall–Kier alpha value is -2.83. The van der Waals surface area contributed by atoms with E-state index >= 15 is 0 Å². The molecule has 0 spiro atoms. The summed E-state index contributed by atoms with van der Waals surface area (Å²) in [5.41, 5.74) is 1.97. The van der Waals surface area contributed by atoms with Crippen molar-refractivity contribution in [1.82, 2.24) is 4.90 Å². The highest BCUT2D eigenvalue weighted by Crippen LogP contribution is 2.40. The number of rotatable bonds is 7. The zero-order valence-corrected chi connectivity index (χ0v) is 17.9. The van der Waals surface area contributed by atoms with E-state index in [1.165, 1.54) is 4.90 Å². The van der Waals surface area contributed by atoms with Crippen LogP contribution < -0.4 is 4.74 Å². The number of Topliss-reactive ketones (excluding diaryl/α,β-unsaturated/α-hetero) is 1. The van der Waals surface area contributed by atoms with Crippen LogP contribution in [0.4, 0.5) is 0 Å². The van der Waals surface area contributed by atoms with Gasteiger partial charge in [0.25, 0.3) is 11.7 Å². The van der Waals surface area contributed by atoms with E-state index in [-0.39, 0.29) is 11.3 Å². The summed E-state index contributed by atoms with van der Waals surface area (Å²) in [6.07, 6.45) is 0.565. The lowest BCUT2D eigenvalue weighted by molar-refractivity contribution is -0.140. The van der Waals surface area contributed by atoms with Crippen molar-refractivity contribution in [2.75, 3.05) is 27.4 Å². The molecule has 30 heavy (non-hydrogen) atoms. The Morgan fingerprint density at radius 2 is 1.83 bits per heavy atom. The van der Waals surface area contributed by atoms with Crippen LogP contribution in [0, 0.1) is 6.92 Å². The zero-order valence-electron chi connectivity index (χ0n) is 17.1. The Balaban J connectivity index is 2.13. The van der Waals surface area contributed by atoms with Crippen LogP contribution in [0.15, 0.2) is 48.0 Å². The molecule has 1 saturated heterocycles. The molecule has 1 aliphatic rings. The molecule has 6 nitrogen and oxygen atoms in total. The highest BCUT2D eigenvalue weighted by Gasteiger charge is 2.45. The molecule has 1 aliphatic heterocycles. The molecule has 0 saturated carbocycles.